The topological polar surface area (TPSA) is 98.3 Å². The second kappa shape index (κ2) is 6.06. The van der Waals surface area contributed by atoms with E-state index in [-0.39, 0.29) is 5.69 Å². The van der Waals surface area contributed by atoms with Gasteiger partial charge in [0.2, 0.25) is 11.7 Å². The van der Waals surface area contributed by atoms with E-state index < -0.39 is 28.4 Å². The Bertz CT molecular complexity index is 465. The minimum atomic E-state index is -0.948. The zero-order valence-corrected chi connectivity index (χ0v) is 9.85. The van der Waals surface area contributed by atoms with Crippen molar-refractivity contribution in [2.24, 2.45) is 5.73 Å². The van der Waals surface area contributed by atoms with E-state index in [1.165, 1.54) is 6.07 Å². The summed E-state index contributed by atoms with van der Waals surface area (Å²) in [7, 11) is 0. The number of nitrogens with two attached hydrogens (primary N) is 1. The lowest BCUT2D eigenvalue weighted by atomic mass is 10.1. The molecule has 0 saturated carbocycles. The second-order valence-corrected chi connectivity index (χ2v) is 3.81. The summed E-state index contributed by atoms with van der Waals surface area (Å²) in [4.78, 5) is 21.2. The summed E-state index contributed by atoms with van der Waals surface area (Å²) in [5.74, 6) is -1.39. The largest absolute Gasteiger partial charge is 0.324 e. The van der Waals surface area contributed by atoms with E-state index in [0.717, 1.165) is 18.6 Å². The smallest absolute Gasteiger partial charge is 0.306 e. The van der Waals surface area contributed by atoms with Crippen molar-refractivity contribution in [2.75, 3.05) is 5.32 Å². The van der Waals surface area contributed by atoms with Crippen molar-refractivity contribution < 1.29 is 14.1 Å². The van der Waals surface area contributed by atoms with Crippen LogP contribution in [0.15, 0.2) is 18.2 Å². The molecule has 1 atom stereocenters. The van der Waals surface area contributed by atoms with Gasteiger partial charge in [-0.1, -0.05) is 13.3 Å². The molecule has 7 heteroatoms. The van der Waals surface area contributed by atoms with E-state index in [1.807, 2.05) is 6.92 Å². The molecule has 0 bridgehead atoms. The van der Waals surface area contributed by atoms with Gasteiger partial charge in [0.25, 0.3) is 0 Å². The van der Waals surface area contributed by atoms with Crippen molar-refractivity contribution in [2.45, 2.75) is 25.8 Å². The average Bonchev–Trinajstić information content (AvgIpc) is 2.31. The number of rotatable bonds is 5. The van der Waals surface area contributed by atoms with Gasteiger partial charge in [0.1, 0.15) is 0 Å². The summed E-state index contributed by atoms with van der Waals surface area (Å²) in [5.41, 5.74) is 5.05. The highest BCUT2D eigenvalue weighted by Crippen LogP contribution is 2.21. The Morgan fingerprint density at radius 2 is 2.28 bits per heavy atom. The molecule has 0 aromatic heterocycles. The Labute approximate surface area is 103 Å². The fourth-order valence-electron chi connectivity index (χ4n) is 1.41. The maximum absolute atomic E-state index is 13.1. The van der Waals surface area contributed by atoms with Gasteiger partial charge in [-0.25, -0.2) is 0 Å². The molecule has 0 fully saturated rings. The van der Waals surface area contributed by atoms with Gasteiger partial charge in [0.05, 0.1) is 11.0 Å². The summed E-state index contributed by atoms with van der Waals surface area (Å²) in [6.45, 7) is 1.88. The summed E-state index contributed by atoms with van der Waals surface area (Å²) in [5, 5.41) is 12.9. The van der Waals surface area contributed by atoms with Crippen molar-refractivity contribution in [1.29, 1.82) is 0 Å². The minimum absolute atomic E-state index is 0.152. The number of benzene rings is 1. The Morgan fingerprint density at radius 3 is 2.83 bits per heavy atom. The molecule has 18 heavy (non-hydrogen) atoms. The minimum Gasteiger partial charge on any atom is -0.324 e. The number of nitrogens with zero attached hydrogens (tertiary/aromatic N) is 1. The second-order valence-electron chi connectivity index (χ2n) is 3.81. The quantitative estimate of drug-likeness (QED) is 0.619. The van der Waals surface area contributed by atoms with Crippen molar-refractivity contribution in [3.05, 3.63) is 34.1 Å². The summed E-state index contributed by atoms with van der Waals surface area (Å²) >= 11 is 0. The maximum atomic E-state index is 13.1. The standard InChI is InChI=1S/C11H14FN3O3/c1-2-3-9(13)11(16)14-7-4-5-8(12)10(6-7)15(17)18/h4-6,9H,2-3,13H2,1H3,(H,14,16)/t9-/m1/s1. The summed E-state index contributed by atoms with van der Waals surface area (Å²) in [6.07, 6.45) is 1.26. The third-order valence-electron chi connectivity index (χ3n) is 2.35. The first-order valence-corrected chi connectivity index (χ1v) is 5.46. The monoisotopic (exact) mass is 255 g/mol. The number of halogens is 1. The van der Waals surface area contributed by atoms with Gasteiger partial charge in [-0.3, -0.25) is 14.9 Å². The van der Waals surface area contributed by atoms with Crippen LogP contribution in [0.4, 0.5) is 15.8 Å². The van der Waals surface area contributed by atoms with Crippen LogP contribution in [0, 0.1) is 15.9 Å². The van der Waals surface area contributed by atoms with E-state index in [0.29, 0.717) is 6.42 Å². The van der Waals surface area contributed by atoms with Crippen LogP contribution in [-0.2, 0) is 4.79 Å². The van der Waals surface area contributed by atoms with Crippen molar-refractivity contribution in [3.63, 3.8) is 0 Å². The van der Waals surface area contributed by atoms with Gasteiger partial charge in [-0.2, -0.15) is 4.39 Å². The van der Waals surface area contributed by atoms with Crippen LogP contribution >= 0.6 is 0 Å². The Balaban J connectivity index is 2.82. The van der Waals surface area contributed by atoms with Gasteiger partial charge in [0, 0.05) is 11.8 Å². The Kier molecular flexibility index (Phi) is 4.73. The van der Waals surface area contributed by atoms with Crippen LogP contribution in [0.25, 0.3) is 0 Å². The molecule has 1 aromatic carbocycles. The third-order valence-corrected chi connectivity index (χ3v) is 2.35. The molecule has 0 radical (unpaired) electrons. The zero-order valence-electron chi connectivity index (χ0n) is 9.85. The predicted octanol–water partition coefficient (Wildman–Crippen LogP) is 1.80. The van der Waals surface area contributed by atoms with Crippen molar-refractivity contribution >= 4 is 17.3 Å². The molecular weight excluding hydrogens is 241 g/mol. The molecule has 6 nitrogen and oxygen atoms in total. The molecule has 3 N–H and O–H groups in total. The van der Waals surface area contributed by atoms with Crippen LogP contribution in [-0.4, -0.2) is 16.9 Å². The Hall–Kier alpha value is -2.02. The molecular formula is C11H14FN3O3. The SMILES string of the molecule is CCC[C@@H](N)C(=O)Nc1ccc(F)c([N+](=O)[O-])c1. The number of hydrogen-bond acceptors (Lipinski definition) is 4. The summed E-state index contributed by atoms with van der Waals surface area (Å²) in [6, 6.07) is 2.46. The van der Waals surface area contributed by atoms with Crippen LogP contribution < -0.4 is 11.1 Å². The number of nitro groups is 1. The number of hydrogen-bond donors (Lipinski definition) is 2. The van der Waals surface area contributed by atoms with Gasteiger partial charge in [0.15, 0.2) is 0 Å². The molecule has 98 valence electrons. The fraction of sp³-hybridized carbons (Fsp3) is 0.364. The lowest BCUT2D eigenvalue weighted by Gasteiger charge is -2.11. The summed E-state index contributed by atoms with van der Waals surface area (Å²) < 4.78 is 13.1. The molecule has 1 rings (SSSR count). The van der Waals surface area contributed by atoms with Crippen LogP contribution in [0.3, 0.4) is 0 Å². The molecule has 1 aromatic rings. The number of anilines is 1. The molecule has 0 aliphatic rings. The normalized spacial score (nSPS) is 11.9. The maximum Gasteiger partial charge on any atom is 0.306 e. The molecule has 0 saturated heterocycles. The average molecular weight is 255 g/mol. The third kappa shape index (κ3) is 3.49. The van der Waals surface area contributed by atoms with Gasteiger partial charge in [-0.15, -0.1) is 0 Å². The molecule has 0 heterocycles. The molecule has 1 amide bonds. The first-order valence-electron chi connectivity index (χ1n) is 5.46. The molecule has 0 unspecified atom stereocenters. The van der Waals surface area contributed by atoms with E-state index in [9.17, 15) is 19.3 Å². The van der Waals surface area contributed by atoms with Crippen LogP contribution in [0.1, 0.15) is 19.8 Å². The van der Waals surface area contributed by atoms with Crippen molar-refractivity contribution in [1.82, 2.24) is 0 Å². The van der Waals surface area contributed by atoms with E-state index in [4.69, 9.17) is 5.73 Å². The first-order chi connectivity index (χ1) is 8.45. The first kappa shape index (κ1) is 14.0. The number of nitrogens with one attached hydrogen (secondary N) is 1. The van der Waals surface area contributed by atoms with Gasteiger partial charge in [-0.05, 0) is 18.6 Å². The Morgan fingerprint density at radius 1 is 1.61 bits per heavy atom. The van der Waals surface area contributed by atoms with Crippen LogP contribution in [0.5, 0.6) is 0 Å². The molecule has 0 aliphatic carbocycles. The molecule has 0 aliphatic heterocycles. The highest BCUT2D eigenvalue weighted by atomic mass is 19.1. The number of carbonyl (C=O) groups excluding carboxylic acids is 1. The highest BCUT2D eigenvalue weighted by molar-refractivity contribution is 5.94. The zero-order chi connectivity index (χ0) is 13.7. The lowest BCUT2D eigenvalue weighted by molar-refractivity contribution is -0.387. The van der Waals surface area contributed by atoms with Gasteiger partial charge < -0.3 is 11.1 Å². The van der Waals surface area contributed by atoms with E-state index >= 15 is 0 Å². The number of nitro benzene ring substituents is 1. The fourth-order valence-corrected chi connectivity index (χ4v) is 1.41. The highest BCUT2D eigenvalue weighted by Gasteiger charge is 2.17. The predicted molar refractivity (Wildman–Crippen MR) is 64.6 cm³/mol. The van der Waals surface area contributed by atoms with Crippen molar-refractivity contribution in [3.8, 4) is 0 Å². The van der Waals surface area contributed by atoms with Gasteiger partial charge >= 0.3 is 5.69 Å². The number of amides is 1. The number of carbonyl (C=O) groups is 1. The lowest BCUT2D eigenvalue weighted by Crippen LogP contribution is -2.35. The molecule has 0 spiro atoms. The van der Waals surface area contributed by atoms with Crippen LogP contribution in [0.2, 0.25) is 0 Å². The van der Waals surface area contributed by atoms with E-state index in [1.54, 1.807) is 0 Å². The van der Waals surface area contributed by atoms with E-state index in [2.05, 4.69) is 5.32 Å².